The van der Waals surface area contributed by atoms with E-state index in [1.54, 1.807) is 30.3 Å². The fourth-order valence-electron chi connectivity index (χ4n) is 2.86. The number of thiophene rings is 1. The van der Waals surface area contributed by atoms with Gasteiger partial charge in [-0.3, -0.25) is 0 Å². The van der Waals surface area contributed by atoms with Crippen LogP contribution in [0.5, 0.6) is 11.5 Å². The Bertz CT molecular complexity index is 897. The van der Waals surface area contributed by atoms with Crippen LogP contribution in [-0.4, -0.2) is 16.8 Å². The highest BCUT2D eigenvalue weighted by molar-refractivity contribution is 7.13. The van der Waals surface area contributed by atoms with Crippen molar-refractivity contribution in [2.75, 3.05) is 23.8 Å². The minimum Gasteiger partial charge on any atom is -0.507 e. The first-order chi connectivity index (χ1) is 12.5. The molecule has 8 N–H and O–H groups in total. The van der Waals surface area contributed by atoms with Crippen molar-refractivity contribution in [3.63, 3.8) is 0 Å². The number of ether oxygens (including phenoxy) is 1. The van der Waals surface area contributed by atoms with Crippen molar-refractivity contribution in [1.29, 1.82) is 0 Å². The maximum atomic E-state index is 10.5. The van der Waals surface area contributed by atoms with Crippen LogP contribution in [0.1, 0.15) is 18.1 Å². The standard InChI is InChI=1S/C19H21N3O3S/c20-11-3-6-15(13(22)10-11)25-16(7-8-23)18-12(21)4-5-14(24)19(18)17-2-1-9-26-17/h1-6,9-10,16,23-24H,7-8,20-22H2. The second kappa shape index (κ2) is 7.55. The third-order valence-corrected chi connectivity index (χ3v) is 4.93. The maximum absolute atomic E-state index is 10.5. The van der Waals surface area contributed by atoms with Gasteiger partial charge in [-0.25, -0.2) is 0 Å². The summed E-state index contributed by atoms with van der Waals surface area (Å²) >= 11 is 1.49. The van der Waals surface area contributed by atoms with Crippen LogP contribution in [-0.2, 0) is 0 Å². The van der Waals surface area contributed by atoms with Crippen LogP contribution in [0.25, 0.3) is 10.4 Å². The highest BCUT2D eigenvalue weighted by atomic mass is 32.1. The quantitative estimate of drug-likeness (QED) is 0.334. The van der Waals surface area contributed by atoms with E-state index >= 15 is 0 Å². The molecule has 0 saturated carbocycles. The van der Waals surface area contributed by atoms with Crippen molar-refractivity contribution in [3.8, 4) is 21.9 Å². The molecule has 0 spiro atoms. The Morgan fingerprint density at radius 2 is 1.85 bits per heavy atom. The van der Waals surface area contributed by atoms with Gasteiger partial charge >= 0.3 is 0 Å². The zero-order valence-electron chi connectivity index (χ0n) is 14.1. The summed E-state index contributed by atoms with van der Waals surface area (Å²) in [5, 5.41) is 21.9. The number of anilines is 3. The van der Waals surface area contributed by atoms with Crippen LogP contribution >= 0.6 is 11.3 Å². The highest BCUT2D eigenvalue weighted by Crippen LogP contribution is 2.44. The van der Waals surface area contributed by atoms with E-state index in [0.717, 1.165) is 4.88 Å². The number of phenolic OH excluding ortho intramolecular Hbond substituents is 1. The Morgan fingerprint density at radius 3 is 2.50 bits per heavy atom. The summed E-state index contributed by atoms with van der Waals surface area (Å²) in [5.74, 6) is 0.547. The van der Waals surface area contributed by atoms with Crippen molar-refractivity contribution in [3.05, 3.63) is 53.4 Å². The van der Waals surface area contributed by atoms with Crippen molar-refractivity contribution in [2.45, 2.75) is 12.5 Å². The molecule has 3 rings (SSSR count). The second-order valence-corrected chi connectivity index (χ2v) is 6.80. The zero-order chi connectivity index (χ0) is 18.7. The fourth-order valence-corrected chi connectivity index (χ4v) is 3.65. The van der Waals surface area contributed by atoms with Crippen LogP contribution in [0, 0.1) is 0 Å². The van der Waals surface area contributed by atoms with Gasteiger partial charge in [0.15, 0.2) is 0 Å². The van der Waals surface area contributed by atoms with Crippen LogP contribution in [0.4, 0.5) is 17.1 Å². The Balaban J connectivity index is 2.09. The number of rotatable bonds is 6. The molecule has 0 fully saturated rings. The lowest BCUT2D eigenvalue weighted by Crippen LogP contribution is -2.14. The number of phenols is 1. The van der Waals surface area contributed by atoms with Crippen LogP contribution in [0.3, 0.4) is 0 Å². The summed E-state index contributed by atoms with van der Waals surface area (Å²) < 4.78 is 6.07. The summed E-state index contributed by atoms with van der Waals surface area (Å²) in [6.45, 7) is -0.113. The molecule has 0 aliphatic carbocycles. The molecule has 136 valence electrons. The van der Waals surface area contributed by atoms with E-state index in [9.17, 15) is 10.2 Å². The minimum absolute atomic E-state index is 0.105. The summed E-state index contributed by atoms with van der Waals surface area (Å²) in [6.07, 6.45) is -0.300. The number of hydrogen-bond acceptors (Lipinski definition) is 7. The fraction of sp³-hybridized carbons (Fsp3) is 0.158. The maximum Gasteiger partial charge on any atom is 0.143 e. The first kappa shape index (κ1) is 17.9. The molecule has 6 nitrogen and oxygen atoms in total. The number of aromatic hydroxyl groups is 1. The summed E-state index contributed by atoms with van der Waals surface area (Å²) in [4.78, 5) is 0.863. The molecule has 3 aromatic rings. The Kier molecular flexibility index (Phi) is 5.20. The number of aliphatic hydroxyl groups excluding tert-OH is 1. The lowest BCUT2D eigenvalue weighted by molar-refractivity contribution is 0.157. The minimum atomic E-state index is -0.588. The Labute approximate surface area is 155 Å². The summed E-state index contributed by atoms with van der Waals surface area (Å²) in [6, 6.07) is 12.0. The smallest absolute Gasteiger partial charge is 0.143 e. The number of benzene rings is 2. The molecule has 1 atom stereocenters. The predicted octanol–water partition coefficient (Wildman–Crippen LogP) is 3.37. The van der Waals surface area contributed by atoms with Gasteiger partial charge in [-0.05, 0) is 41.8 Å². The van der Waals surface area contributed by atoms with E-state index < -0.39 is 6.10 Å². The van der Waals surface area contributed by atoms with Crippen molar-refractivity contribution >= 4 is 28.4 Å². The molecule has 1 unspecified atom stereocenters. The third kappa shape index (κ3) is 3.54. The molecule has 0 radical (unpaired) electrons. The molecular weight excluding hydrogens is 350 g/mol. The zero-order valence-corrected chi connectivity index (χ0v) is 14.9. The average molecular weight is 371 g/mol. The molecule has 0 bridgehead atoms. The normalized spacial score (nSPS) is 12.0. The second-order valence-electron chi connectivity index (χ2n) is 5.86. The number of nitrogens with two attached hydrogens (primary N) is 3. The molecular formula is C19H21N3O3S. The van der Waals surface area contributed by atoms with Gasteiger partial charge < -0.3 is 32.2 Å². The largest absolute Gasteiger partial charge is 0.507 e. The van der Waals surface area contributed by atoms with Crippen LogP contribution in [0.15, 0.2) is 47.8 Å². The van der Waals surface area contributed by atoms with Gasteiger partial charge in [-0.1, -0.05) is 6.07 Å². The molecule has 0 aliphatic heterocycles. The third-order valence-electron chi connectivity index (χ3n) is 4.04. The van der Waals surface area contributed by atoms with Crippen molar-refractivity contribution in [2.24, 2.45) is 0 Å². The van der Waals surface area contributed by atoms with Crippen LogP contribution in [0.2, 0.25) is 0 Å². The lowest BCUT2D eigenvalue weighted by atomic mass is 9.96. The van der Waals surface area contributed by atoms with Gasteiger partial charge in [0.1, 0.15) is 17.6 Å². The topological polar surface area (TPSA) is 128 Å². The first-order valence-corrected chi connectivity index (χ1v) is 8.97. The van der Waals surface area contributed by atoms with Crippen molar-refractivity contribution < 1.29 is 14.9 Å². The number of nitrogen functional groups attached to an aromatic ring is 3. The van der Waals surface area contributed by atoms with Crippen LogP contribution < -0.4 is 21.9 Å². The average Bonchev–Trinajstić information content (AvgIpc) is 3.12. The predicted molar refractivity (Wildman–Crippen MR) is 106 cm³/mol. The van der Waals surface area contributed by atoms with E-state index in [2.05, 4.69) is 0 Å². The molecule has 1 heterocycles. The number of hydrogen-bond donors (Lipinski definition) is 5. The molecule has 7 heteroatoms. The molecule has 2 aromatic carbocycles. The van der Waals surface area contributed by atoms with Gasteiger partial charge in [-0.2, -0.15) is 0 Å². The molecule has 0 amide bonds. The van der Waals surface area contributed by atoms with Gasteiger partial charge in [-0.15, -0.1) is 11.3 Å². The highest BCUT2D eigenvalue weighted by Gasteiger charge is 2.24. The van der Waals surface area contributed by atoms with E-state index in [1.807, 2.05) is 17.5 Å². The Morgan fingerprint density at radius 1 is 1.04 bits per heavy atom. The Hall–Kier alpha value is -2.90. The number of aliphatic hydroxyl groups is 1. The molecule has 0 aliphatic rings. The SMILES string of the molecule is Nc1ccc(OC(CCO)c2c(N)ccc(O)c2-c2cccs2)c(N)c1. The summed E-state index contributed by atoms with van der Waals surface area (Å²) in [7, 11) is 0. The van der Waals surface area contributed by atoms with Gasteiger partial charge in [0, 0.05) is 40.4 Å². The van der Waals surface area contributed by atoms with E-state index in [0.29, 0.717) is 33.9 Å². The van der Waals surface area contributed by atoms with Gasteiger partial charge in [0.2, 0.25) is 0 Å². The molecule has 1 aromatic heterocycles. The van der Waals surface area contributed by atoms with Gasteiger partial charge in [0.25, 0.3) is 0 Å². The molecule has 26 heavy (non-hydrogen) atoms. The summed E-state index contributed by atoms with van der Waals surface area (Å²) in [5.41, 5.74) is 20.6. The lowest BCUT2D eigenvalue weighted by Gasteiger charge is -2.24. The van der Waals surface area contributed by atoms with E-state index in [1.165, 1.54) is 11.3 Å². The van der Waals surface area contributed by atoms with Gasteiger partial charge in [0.05, 0.1) is 5.69 Å². The molecule has 0 saturated heterocycles. The monoisotopic (exact) mass is 371 g/mol. The first-order valence-electron chi connectivity index (χ1n) is 8.09. The van der Waals surface area contributed by atoms with E-state index in [4.69, 9.17) is 21.9 Å². The van der Waals surface area contributed by atoms with E-state index in [-0.39, 0.29) is 18.8 Å². The van der Waals surface area contributed by atoms with Crippen molar-refractivity contribution in [1.82, 2.24) is 0 Å².